The van der Waals surface area contributed by atoms with Crippen molar-refractivity contribution >= 4 is 22.6 Å². The fourth-order valence-corrected chi connectivity index (χ4v) is 3.31. The predicted octanol–water partition coefficient (Wildman–Crippen LogP) is 5.21. The van der Waals surface area contributed by atoms with E-state index in [9.17, 15) is 4.79 Å². The molecule has 0 saturated carbocycles. The summed E-state index contributed by atoms with van der Waals surface area (Å²) in [7, 11) is 1.62. The lowest BCUT2D eigenvalue weighted by atomic mass is 10.0. The lowest BCUT2D eigenvalue weighted by Crippen LogP contribution is -2.15. The maximum Gasteiger partial charge on any atom is 0.228 e. The number of methoxy groups -OCH3 is 1. The Balaban J connectivity index is 1.50. The largest absolute Gasteiger partial charge is 0.497 e. The molecule has 0 aliphatic carbocycles. The number of benzene rings is 3. The molecule has 1 heterocycles. The van der Waals surface area contributed by atoms with Crippen LogP contribution in [0.15, 0.2) is 83.5 Å². The van der Waals surface area contributed by atoms with E-state index in [4.69, 9.17) is 9.15 Å². The number of furan rings is 1. The molecule has 0 unspecified atom stereocenters. The second kappa shape index (κ2) is 8.01. The van der Waals surface area contributed by atoms with Crippen molar-refractivity contribution < 1.29 is 13.9 Å². The van der Waals surface area contributed by atoms with Crippen molar-refractivity contribution in [2.75, 3.05) is 12.4 Å². The van der Waals surface area contributed by atoms with Gasteiger partial charge in [-0.15, -0.1) is 0 Å². The highest BCUT2D eigenvalue weighted by Crippen LogP contribution is 2.26. The van der Waals surface area contributed by atoms with Gasteiger partial charge in [0.2, 0.25) is 5.91 Å². The molecule has 3 aromatic carbocycles. The Labute approximate surface area is 163 Å². The summed E-state index contributed by atoms with van der Waals surface area (Å²) in [6.45, 7) is 0. The molecular formula is C24H21NO3. The van der Waals surface area contributed by atoms with Gasteiger partial charge in [0.05, 0.1) is 19.8 Å². The molecule has 28 heavy (non-hydrogen) atoms. The molecule has 4 rings (SSSR count). The fourth-order valence-electron chi connectivity index (χ4n) is 3.31. The number of amides is 1. The van der Waals surface area contributed by atoms with Crippen LogP contribution >= 0.6 is 0 Å². The molecule has 4 heteroatoms. The molecule has 0 aliphatic rings. The van der Waals surface area contributed by atoms with Crippen LogP contribution in [0, 0.1) is 0 Å². The number of hydrogen-bond acceptors (Lipinski definition) is 3. The predicted molar refractivity (Wildman–Crippen MR) is 111 cm³/mol. The topological polar surface area (TPSA) is 51.5 Å². The first-order chi connectivity index (χ1) is 13.7. The second-order valence-corrected chi connectivity index (χ2v) is 6.67. The third kappa shape index (κ3) is 3.91. The zero-order valence-electron chi connectivity index (χ0n) is 15.6. The molecule has 140 valence electrons. The quantitative estimate of drug-likeness (QED) is 0.506. The lowest BCUT2D eigenvalue weighted by molar-refractivity contribution is -0.115. The number of rotatable bonds is 6. The number of para-hydroxylation sites is 1. The number of carbonyl (C=O) groups excluding carboxylic acids is 1. The van der Waals surface area contributed by atoms with Gasteiger partial charge in [-0.2, -0.15) is 0 Å². The second-order valence-electron chi connectivity index (χ2n) is 6.67. The van der Waals surface area contributed by atoms with Crippen molar-refractivity contribution in [2.24, 2.45) is 0 Å². The van der Waals surface area contributed by atoms with E-state index in [2.05, 4.69) is 17.4 Å². The van der Waals surface area contributed by atoms with Gasteiger partial charge in [-0.1, -0.05) is 48.5 Å². The maximum atomic E-state index is 12.7. The normalized spacial score (nSPS) is 10.8. The average Bonchev–Trinajstić information content (AvgIpc) is 3.12. The number of hydrogen-bond donors (Lipinski definition) is 1. The number of carbonyl (C=O) groups is 1. The summed E-state index contributed by atoms with van der Waals surface area (Å²) < 4.78 is 10.8. The van der Waals surface area contributed by atoms with Crippen LogP contribution in [0.4, 0.5) is 5.69 Å². The Bertz CT molecular complexity index is 1100. The van der Waals surface area contributed by atoms with Crippen LogP contribution < -0.4 is 10.1 Å². The van der Waals surface area contributed by atoms with Gasteiger partial charge in [0, 0.05) is 22.7 Å². The lowest BCUT2D eigenvalue weighted by Gasteiger charge is -2.11. The summed E-state index contributed by atoms with van der Waals surface area (Å²) >= 11 is 0. The van der Waals surface area contributed by atoms with Crippen molar-refractivity contribution in [2.45, 2.75) is 12.8 Å². The van der Waals surface area contributed by atoms with Crippen molar-refractivity contribution in [3.8, 4) is 5.75 Å². The number of fused-ring (bicyclic) bond motifs is 1. The van der Waals surface area contributed by atoms with Crippen molar-refractivity contribution in [3.05, 3.63) is 95.7 Å². The minimum atomic E-state index is -0.0703. The highest BCUT2D eigenvalue weighted by molar-refractivity contribution is 5.96. The summed E-state index contributed by atoms with van der Waals surface area (Å²) in [6, 6.07) is 23.7. The van der Waals surface area contributed by atoms with Crippen LogP contribution in [0.3, 0.4) is 0 Å². The first-order valence-corrected chi connectivity index (χ1v) is 9.19. The summed E-state index contributed by atoms with van der Waals surface area (Å²) in [5.74, 6) is 0.659. The smallest absolute Gasteiger partial charge is 0.228 e. The van der Waals surface area contributed by atoms with Crippen molar-refractivity contribution in [1.82, 2.24) is 0 Å². The minimum absolute atomic E-state index is 0.0703. The van der Waals surface area contributed by atoms with Gasteiger partial charge in [-0.3, -0.25) is 4.79 Å². The highest BCUT2D eigenvalue weighted by Gasteiger charge is 2.13. The molecule has 1 N–H and O–H groups in total. The number of ether oxygens (including phenoxy) is 1. The van der Waals surface area contributed by atoms with Crippen LogP contribution in [0.2, 0.25) is 0 Å². The van der Waals surface area contributed by atoms with E-state index >= 15 is 0 Å². The molecular weight excluding hydrogens is 350 g/mol. The van der Waals surface area contributed by atoms with Gasteiger partial charge in [-0.05, 0) is 35.7 Å². The molecule has 0 bridgehead atoms. The third-order valence-corrected chi connectivity index (χ3v) is 4.74. The zero-order chi connectivity index (χ0) is 19.3. The minimum Gasteiger partial charge on any atom is -0.497 e. The SMILES string of the molecule is COc1ccc2c(CC(=O)Nc3ccccc3Cc3ccccc3)coc2c1. The molecule has 0 saturated heterocycles. The van der Waals surface area contributed by atoms with E-state index in [1.165, 1.54) is 5.56 Å². The summed E-state index contributed by atoms with van der Waals surface area (Å²) in [5.41, 5.74) is 4.70. The van der Waals surface area contributed by atoms with Gasteiger partial charge < -0.3 is 14.5 Å². The molecule has 4 aromatic rings. The van der Waals surface area contributed by atoms with Gasteiger partial charge in [0.25, 0.3) is 0 Å². The van der Waals surface area contributed by atoms with Gasteiger partial charge in [0.15, 0.2) is 0 Å². The van der Waals surface area contributed by atoms with Gasteiger partial charge >= 0.3 is 0 Å². The molecule has 0 atom stereocenters. The summed E-state index contributed by atoms with van der Waals surface area (Å²) in [4.78, 5) is 12.7. The Kier molecular flexibility index (Phi) is 5.11. The van der Waals surface area contributed by atoms with Crippen LogP contribution in [0.5, 0.6) is 5.75 Å². The number of anilines is 1. The van der Waals surface area contributed by atoms with Gasteiger partial charge in [-0.25, -0.2) is 0 Å². The van der Waals surface area contributed by atoms with Crippen LogP contribution in [0.1, 0.15) is 16.7 Å². The molecule has 4 nitrogen and oxygen atoms in total. The Hall–Kier alpha value is -3.53. The van der Waals surface area contributed by atoms with Gasteiger partial charge in [0.1, 0.15) is 11.3 Å². The molecule has 1 amide bonds. The van der Waals surface area contributed by atoms with Crippen LogP contribution in [0.25, 0.3) is 11.0 Å². The van der Waals surface area contributed by atoms with Crippen molar-refractivity contribution in [1.29, 1.82) is 0 Å². The summed E-state index contributed by atoms with van der Waals surface area (Å²) in [6.07, 6.45) is 2.66. The standard InChI is InChI=1S/C24H21NO3/c1-27-20-11-12-21-19(16-28-23(21)15-20)14-24(26)25-22-10-6-5-9-18(22)13-17-7-3-2-4-8-17/h2-12,15-16H,13-14H2,1H3,(H,25,26). The van der Waals surface area contributed by atoms with E-state index in [-0.39, 0.29) is 12.3 Å². The fraction of sp³-hybridized carbons (Fsp3) is 0.125. The molecule has 0 spiro atoms. The molecule has 0 aliphatic heterocycles. The Morgan fingerprint density at radius 2 is 1.75 bits per heavy atom. The monoisotopic (exact) mass is 371 g/mol. The average molecular weight is 371 g/mol. The van der Waals surface area contributed by atoms with E-state index in [0.29, 0.717) is 5.58 Å². The molecule has 0 radical (unpaired) electrons. The van der Waals surface area contributed by atoms with E-state index in [1.54, 1.807) is 13.4 Å². The Morgan fingerprint density at radius 1 is 0.964 bits per heavy atom. The van der Waals surface area contributed by atoms with Crippen LogP contribution in [-0.4, -0.2) is 13.0 Å². The maximum absolute atomic E-state index is 12.7. The molecule has 1 aromatic heterocycles. The molecule has 0 fully saturated rings. The summed E-state index contributed by atoms with van der Waals surface area (Å²) in [5, 5.41) is 3.98. The van der Waals surface area contributed by atoms with E-state index in [0.717, 1.165) is 34.4 Å². The highest BCUT2D eigenvalue weighted by atomic mass is 16.5. The van der Waals surface area contributed by atoms with Crippen molar-refractivity contribution in [3.63, 3.8) is 0 Å². The van der Waals surface area contributed by atoms with E-state index < -0.39 is 0 Å². The number of nitrogens with one attached hydrogen (secondary N) is 1. The first kappa shape index (κ1) is 17.9. The zero-order valence-corrected chi connectivity index (χ0v) is 15.6. The Morgan fingerprint density at radius 3 is 2.57 bits per heavy atom. The van der Waals surface area contributed by atoms with E-state index in [1.807, 2.05) is 60.7 Å². The van der Waals surface area contributed by atoms with Crippen LogP contribution in [-0.2, 0) is 17.6 Å². The first-order valence-electron chi connectivity index (χ1n) is 9.19. The third-order valence-electron chi connectivity index (χ3n) is 4.74.